The molecule has 2 aliphatic heterocycles. The maximum absolute atomic E-state index is 13.1. The Hall–Kier alpha value is -3.08. The number of nitrogens with one attached hydrogen (secondary N) is 2. The molecule has 3 unspecified atom stereocenters. The highest BCUT2D eigenvalue weighted by Crippen LogP contribution is 2.39. The van der Waals surface area contributed by atoms with Gasteiger partial charge in [0.1, 0.15) is 11.4 Å². The summed E-state index contributed by atoms with van der Waals surface area (Å²) >= 11 is 1.56. The number of benzene rings is 3. The minimum absolute atomic E-state index is 0.0288. The number of amides is 1. The van der Waals surface area contributed by atoms with E-state index in [0.29, 0.717) is 13.2 Å². The Labute approximate surface area is 223 Å². The van der Waals surface area contributed by atoms with Gasteiger partial charge < -0.3 is 14.8 Å². The van der Waals surface area contributed by atoms with E-state index in [-0.39, 0.29) is 22.8 Å². The van der Waals surface area contributed by atoms with Gasteiger partial charge in [0, 0.05) is 13.2 Å². The van der Waals surface area contributed by atoms with Crippen LogP contribution in [0.1, 0.15) is 36.5 Å². The van der Waals surface area contributed by atoms with E-state index >= 15 is 0 Å². The van der Waals surface area contributed by atoms with E-state index in [1.54, 1.807) is 11.8 Å². The summed E-state index contributed by atoms with van der Waals surface area (Å²) in [7, 11) is 0. The SMILES string of the molecule is CC#CC(OC1CCOCC1)SC1NC(=O)C1NC(c1ccccc1)(c1ccccc1)c1ccccc1. The average Bonchev–Trinajstić information content (AvgIpc) is 2.95. The molecule has 0 bridgehead atoms. The van der Waals surface area contributed by atoms with Crippen LogP contribution in [0.15, 0.2) is 91.0 Å². The fraction of sp³-hybridized carbons (Fsp3) is 0.323. The second-order valence-electron chi connectivity index (χ2n) is 9.21. The van der Waals surface area contributed by atoms with Crippen LogP contribution in [0, 0.1) is 11.8 Å². The lowest BCUT2D eigenvalue weighted by Crippen LogP contribution is -2.70. The zero-order valence-corrected chi connectivity index (χ0v) is 21.7. The minimum Gasteiger partial charge on any atom is -0.381 e. The molecule has 2 heterocycles. The topological polar surface area (TPSA) is 59.6 Å². The van der Waals surface area contributed by atoms with Crippen molar-refractivity contribution in [2.75, 3.05) is 13.2 Å². The molecule has 2 saturated heterocycles. The van der Waals surface area contributed by atoms with Crippen LogP contribution >= 0.6 is 11.8 Å². The fourth-order valence-electron chi connectivity index (χ4n) is 4.99. The Kier molecular flexibility index (Phi) is 8.28. The molecule has 5 nitrogen and oxygen atoms in total. The molecule has 37 heavy (non-hydrogen) atoms. The zero-order chi connectivity index (χ0) is 25.5. The molecular weight excluding hydrogens is 480 g/mol. The van der Waals surface area contributed by atoms with E-state index in [1.165, 1.54) is 0 Å². The first-order valence-electron chi connectivity index (χ1n) is 12.8. The van der Waals surface area contributed by atoms with Crippen molar-refractivity contribution in [3.05, 3.63) is 108 Å². The summed E-state index contributed by atoms with van der Waals surface area (Å²) in [5.41, 5.74) is 2.15. The van der Waals surface area contributed by atoms with Crippen LogP contribution in [0.25, 0.3) is 0 Å². The van der Waals surface area contributed by atoms with Crippen LogP contribution in [0.5, 0.6) is 0 Å². The molecule has 3 aromatic rings. The van der Waals surface area contributed by atoms with Crippen molar-refractivity contribution in [1.29, 1.82) is 0 Å². The summed E-state index contributed by atoms with van der Waals surface area (Å²) < 4.78 is 11.8. The van der Waals surface area contributed by atoms with Crippen LogP contribution in [-0.2, 0) is 19.8 Å². The Bertz CT molecular complexity index is 1120. The molecule has 5 rings (SSSR count). The lowest BCUT2D eigenvalue weighted by atomic mass is 9.76. The van der Waals surface area contributed by atoms with Gasteiger partial charge in [-0.1, -0.05) is 109 Å². The number of carbonyl (C=O) groups excluding carboxylic acids is 1. The summed E-state index contributed by atoms with van der Waals surface area (Å²) in [6, 6.07) is 30.5. The molecule has 2 aliphatic rings. The van der Waals surface area contributed by atoms with E-state index < -0.39 is 11.6 Å². The molecule has 0 aromatic heterocycles. The van der Waals surface area contributed by atoms with Gasteiger partial charge in [-0.15, -0.1) is 5.92 Å². The van der Waals surface area contributed by atoms with Gasteiger partial charge in [0.15, 0.2) is 5.44 Å². The molecule has 6 heteroatoms. The number of rotatable bonds is 9. The van der Waals surface area contributed by atoms with Gasteiger partial charge >= 0.3 is 0 Å². The normalized spacial score (nSPS) is 20.7. The highest BCUT2D eigenvalue weighted by atomic mass is 32.2. The number of hydrogen-bond donors (Lipinski definition) is 2. The Morgan fingerprint density at radius 1 is 0.919 bits per heavy atom. The number of thioether (sulfide) groups is 1. The molecule has 190 valence electrons. The molecule has 0 spiro atoms. The average molecular weight is 513 g/mol. The third-order valence-electron chi connectivity index (χ3n) is 6.88. The summed E-state index contributed by atoms with van der Waals surface area (Å²) in [5, 5.41) is 6.71. The van der Waals surface area contributed by atoms with Gasteiger partial charge in [-0.05, 0) is 36.5 Å². The zero-order valence-electron chi connectivity index (χ0n) is 20.9. The molecule has 0 radical (unpaired) electrons. The van der Waals surface area contributed by atoms with Gasteiger partial charge in [-0.2, -0.15) is 0 Å². The summed E-state index contributed by atoms with van der Waals surface area (Å²) in [6.07, 6.45) is 1.84. The number of β-lactam (4-membered cyclic amide) rings is 1. The third kappa shape index (κ3) is 5.61. The van der Waals surface area contributed by atoms with Crippen molar-refractivity contribution in [2.24, 2.45) is 0 Å². The van der Waals surface area contributed by atoms with Gasteiger partial charge in [-0.25, -0.2) is 0 Å². The number of hydrogen-bond acceptors (Lipinski definition) is 5. The predicted molar refractivity (Wildman–Crippen MR) is 148 cm³/mol. The molecule has 3 aromatic carbocycles. The van der Waals surface area contributed by atoms with Crippen molar-refractivity contribution in [1.82, 2.24) is 10.6 Å². The highest BCUT2D eigenvalue weighted by molar-refractivity contribution is 8.00. The van der Waals surface area contributed by atoms with Crippen LogP contribution in [0.2, 0.25) is 0 Å². The molecule has 0 saturated carbocycles. The maximum Gasteiger partial charge on any atom is 0.241 e. The smallest absolute Gasteiger partial charge is 0.241 e. The maximum atomic E-state index is 13.1. The summed E-state index contributed by atoms with van der Waals surface area (Å²) in [5.74, 6) is 6.17. The molecular formula is C31H32N2O3S. The third-order valence-corrected chi connectivity index (χ3v) is 8.04. The van der Waals surface area contributed by atoms with Crippen molar-refractivity contribution in [3.8, 4) is 11.8 Å². The fourth-order valence-corrected chi connectivity index (χ4v) is 6.20. The lowest BCUT2D eigenvalue weighted by Gasteiger charge is -2.46. The molecule has 0 aliphatic carbocycles. The van der Waals surface area contributed by atoms with Crippen LogP contribution in [0.4, 0.5) is 0 Å². The van der Waals surface area contributed by atoms with Crippen molar-refractivity contribution < 1.29 is 14.3 Å². The molecule has 2 N–H and O–H groups in total. The van der Waals surface area contributed by atoms with Gasteiger partial charge in [0.25, 0.3) is 0 Å². The van der Waals surface area contributed by atoms with E-state index in [2.05, 4.69) is 58.9 Å². The van der Waals surface area contributed by atoms with Crippen LogP contribution < -0.4 is 10.6 Å². The molecule has 2 fully saturated rings. The van der Waals surface area contributed by atoms with E-state index in [1.807, 2.05) is 61.5 Å². The first-order chi connectivity index (χ1) is 18.2. The van der Waals surface area contributed by atoms with E-state index in [0.717, 1.165) is 29.5 Å². The second kappa shape index (κ2) is 12.0. The van der Waals surface area contributed by atoms with E-state index in [4.69, 9.17) is 9.47 Å². The lowest BCUT2D eigenvalue weighted by molar-refractivity contribution is -0.129. The predicted octanol–water partition coefficient (Wildman–Crippen LogP) is 4.67. The molecule has 1 amide bonds. The van der Waals surface area contributed by atoms with Crippen molar-refractivity contribution in [2.45, 2.75) is 48.3 Å². The van der Waals surface area contributed by atoms with Crippen LogP contribution in [0.3, 0.4) is 0 Å². The molecule has 3 atom stereocenters. The Morgan fingerprint density at radius 3 is 1.89 bits per heavy atom. The monoisotopic (exact) mass is 512 g/mol. The first kappa shape index (κ1) is 25.6. The standard InChI is InChI=1S/C31H32N2O3S/c1-2-12-27(36-26-19-21-35-22-20-26)37-30-28(29(34)32-30)33-31(23-13-6-3-7-14-23,24-15-8-4-9-16-24)25-17-10-5-11-18-25/h3-11,13-18,26-28,30,33H,19-22H2,1H3,(H,32,34). The van der Waals surface area contributed by atoms with E-state index in [9.17, 15) is 4.79 Å². The second-order valence-corrected chi connectivity index (χ2v) is 10.4. The Balaban J connectivity index is 1.48. The van der Waals surface area contributed by atoms with Crippen molar-refractivity contribution >= 4 is 17.7 Å². The highest BCUT2D eigenvalue weighted by Gasteiger charge is 2.48. The number of carbonyl (C=O) groups is 1. The van der Waals surface area contributed by atoms with Crippen LogP contribution in [-0.4, -0.2) is 42.1 Å². The van der Waals surface area contributed by atoms with Gasteiger partial charge in [-0.3, -0.25) is 10.1 Å². The summed E-state index contributed by atoms with van der Waals surface area (Å²) in [4.78, 5) is 13.1. The first-order valence-corrected chi connectivity index (χ1v) is 13.7. The van der Waals surface area contributed by atoms with Gasteiger partial charge in [0.2, 0.25) is 5.91 Å². The number of ether oxygens (including phenoxy) is 2. The summed E-state index contributed by atoms with van der Waals surface area (Å²) in [6.45, 7) is 3.24. The van der Waals surface area contributed by atoms with Crippen molar-refractivity contribution in [3.63, 3.8) is 0 Å². The quantitative estimate of drug-likeness (QED) is 0.189. The largest absolute Gasteiger partial charge is 0.381 e. The minimum atomic E-state index is -0.724. The van der Waals surface area contributed by atoms with Gasteiger partial charge in [0.05, 0.1) is 11.6 Å². The Morgan fingerprint density at radius 2 is 1.43 bits per heavy atom.